The number of carbonyl (C=O) groups is 1. The van der Waals surface area contributed by atoms with Crippen molar-refractivity contribution in [1.82, 2.24) is 5.32 Å². The average molecular weight is 652 g/mol. The van der Waals surface area contributed by atoms with Crippen LogP contribution in [0.5, 0.6) is 0 Å². The maximum atomic E-state index is 11.9. The van der Waals surface area contributed by atoms with E-state index < -0.39 is 0 Å². The Morgan fingerprint density at radius 1 is 0.721 bits per heavy atom. The molecule has 0 spiro atoms. The first-order valence-electron chi connectivity index (χ1n) is 18.2. The van der Waals surface area contributed by atoms with Gasteiger partial charge < -0.3 is 19.5 Å². The summed E-state index contributed by atoms with van der Waals surface area (Å²) in [5.74, 6) is 2.29. The van der Waals surface area contributed by atoms with Crippen molar-refractivity contribution in [2.24, 2.45) is 0 Å². The summed E-state index contributed by atoms with van der Waals surface area (Å²) in [7, 11) is 7.25. The van der Waals surface area contributed by atoms with Crippen LogP contribution in [-0.2, 0) is 19.0 Å². The molecule has 7 heteroatoms. The van der Waals surface area contributed by atoms with Crippen LogP contribution in [0.1, 0.15) is 170 Å². The van der Waals surface area contributed by atoms with Crippen molar-refractivity contribution in [2.75, 3.05) is 38.9 Å². The lowest BCUT2D eigenvalue weighted by Gasteiger charge is -2.18. The third-order valence-corrected chi connectivity index (χ3v) is 9.71. The Hall–Kier alpha value is 0.0500. The van der Waals surface area contributed by atoms with Gasteiger partial charge in [0.25, 0.3) is 0 Å². The SMILES string of the molecule is CC.CC.CCCCCCCCCCCCCCCCSSCCC(=O)NCCCOC1CCCC1OC.COC(C)C. The molecule has 1 N–H and O–H groups in total. The maximum absolute atomic E-state index is 11.9. The summed E-state index contributed by atoms with van der Waals surface area (Å²) in [6, 6.07) is 0. The largest absolute Gasteiger partial charge is 0.382 e. The Bertz CT molecular complexity index is 512. The summed E-state index contributed by atoms with van der Waals surface area (Å²) in [6.07, 6.45) is 25.5. The number of amides is 1. The number of rotatable bonds is 26. The molecule has 1 fully saturated rings. The second-order valence-electron chi connectivity index (χ2n) is 11.1. The van der Waals surface area contributed by atoms with E-state index in [4.69, 9.17) is 14.2 Å². The van der Waals surface area contributed by atoms with Crippen LogP contribution in [0.15, 0.2) is 0 Å². The molecule has 262 valence electrons. The van der Waals surface area contributed by atoms with Gasteiger partial charge in [0.05, 0.1) is 18.3 Å². The molecular formula is C36H77NO4S2. The van der Waals surface area contributed by atoms with Gasteiger partial charge in [-0.3, -0.25) is 4.79 Å². The topological polar surface area (TPSA) is 56.8 Å². The molecular weight excluding hydrogens is 575 g/mol. The van der Waals surface area contributed by atoms with Crippen LogP contribution in [-0.4, -0.2) is 63.1 Å². The quantitative estimate of drug-likeness (QED) is 0.0742. The van der Waals surface area contributed by atoms with Crippen LogP contribution in [0.2, 0.25) is 0 Å². The van der Waals surface area contributed by atoms with Crippen molar-refractivity contribution in [2.45, 2.75) is 189 Å². The van der Waals surface area contributed by atoms with Crippen LogP contribution >= 0.6 is 21.6 Å². The molecule has 0 radical (unpaired) electrons. The fourth-order valence-corrected chi connectivity index (χ4v) is 6.72. The number of unbranched alkanes of at least 4 members (excludes halogenated alkanes) is 13. The van der Waals surface area contributed by atoms with Gasteiger partial charge >= 0.3 is 0 Å². The molecule has 0 saturated heterocycles. The van der Waals surface area contributed by atoms with Crippen molar-refractivity contribution in [1.29, 1.82) is 0 Å². The number of methoxy groups -OCH3 is 2. The monoisotopic (exact) mass is 652 g/mol. The summed E-state index contributed by atoms with van der Waals surface area (Å²) in [4.78, 5) is 11.9. The van der Waals surface area contributed by atoms with E-state index in [2.05, 4.69) is 12.2 Å². The van der Waals surface area contributed by atoms with Crippen LogP contribution in [0, 0.1) is 0 Å². The predicted molar refractivity (Wildman–Crippen MR) is 197 cm³/mol. The van der Waals surface area contributed by atoms with Crippen molar-refractivity contribution in [3.8, 4) is 0 Å². The van der Waals surface area contributed by atoms with E-state index in [1.165, 1.54) is 102 Å². The van der Waals surface area contributed by atoms with Gasteiger partial charge in [-0.05, 0) is 46.0 Å². The predicted octanol–water partition coefficient (Wildman–Crippen LogP) is 11.4. The second-order valence-corrected chi connectivity index (χ2v) is 13.8. The standard InChI is InChI=1S/C28H55NO3S2.C4H10O.2C2H6/c1-3-4-5-6-7-8-9-10-11-12-13-14-15-16-24-33-34-25-21-28(30)29-22-18-23-32-27-20-17-19-26(27)31-2;1-4(2)5-3;2*1-2/h26-27H,3-25H2,1-2H3,(H,29,30);4H,1-3H3;2*1-2H3. The average Bonchev–Trinajstić information content (AvgIpc) is 3.50. The molecule has 1 rings (SSSR count). The van der Waals surface area contributed by atoms with Crippen molar-refractivity contribution < 1.29 is 19.0 Å². The highest BCUT2D eigenvalue weighted by molar-refractivity contribution is 8.76. The maximum Gasteiger partial charge on any atom is 0.220 e. The fraction of sp³-hybridized carbons (Fsp3) is 0.972. The highest BCUT2D eigenvalue weighted by atomic mass is 33.1. The minimum Gasteiger partial charge on any atom is -0.382 e. The second kappa shape index (κ2) is 42.0. The molecule has 1 aliphatic carbocycles. The molecule has 2 atom stereocenters. The van der Waals surface area contributed by atoms with Crippen LogP contribution in [0.3, 0.4) is 0 Å². The number of hydrogen-bond donors (Lipinski definition) is 1. The smallest absolute Gasteiger partial charge is 0.220 e. The third kappa shape index (κ3) is 38.1. The number of nitrogens with one attached hydrogen (secondary N) is 1. The molecule has 1 aliphatic rings. The van der Waals surface area contributed by atoms with Crippen molar-refractivity contribution in [3.05, 3.63) is 0 Å². The summed E-state index contributed by atoms with van der Waals surface area (Å²) in [5, 5.41) is 3.02. The number of hydrogen-bond acceptors (Lipinski definition) is 6. The van der Waals surface area contributed by atoms with Crippen LogP contribution < -0.4 is 5.32 Å². The van der Waals surface area contributed by atoms with Gasteiger partial charge in [0.15, 0.2) is 0 Å². The lowest BCUT2D eigenvalue weighted by Crippen LogP contribution is -2.28. The van der Waals surface area contributed by atoms with E-state index in [1.807, 2.05) is 63.1 Å². The summed E-state index contributed by atoms with van der Waals surface area (Å²) >= 11 is 0. The zero-order valence-electron chi connectivity index (χ0n) is 30.4. The minimum atomic E-state index is 0.167. The number of carbonyl (C=O) groups excluding carboxylic acids is 1. The molecule has 0 aromatic carbocycles. The molecule has 2 unspecified atom stereocenters. The van der Waals surface area contributed by atoms with E-state index in [9.17, 15) is 4.79 Å². The minimum absolute atomic E-state index is 0.167. The van der Waals surface area contributed by atoms with E-state index in [1.54, 1.807) is 14.2 Å². The molecule has 1 saturated carbocycles. The Balaban J connectivity index is -0.00000157. The summed E-state index contributed by atoms with van der Waals surface area (Å²) < 4.78 is 16.1. The van der Waals surface area contributed by atoms with Crippen molar-refractivity contribution in [3.63, 3.8) is 0 Å². The van der Waals surface area contributed by atoms with Gasteiger partial charge in [-0.1, -0.05) is 140 Å². The Morgan fingerprint density at radius 3 is 1.67 bits per heavy atom. The summed E-state index contributed by atoms with van der Waals surface area (Å²) in [5.41, 5.74) is 0. The molecule has 0 aliphatic heterocycles. The molecule has 0 heterocycles. The molecule has 0 aromatic heterocycles. The van der Waals surface area contributed by atoms with E-state index in [0.29, 0.717) is 25.7 Å². The molecule has 5 nitrogen and oxygen atoms in total. The number of ether oxygens (including phenoxy) is 3. The van der Waals surface area contributed by atoms with Gasteiger partial charge in [0, 0.05) is 45.3 Å². The van der Waals surface area contributed by atoms with Gasteiger partial charge in [-0.15, -0.1) is 0 Å². The lowest BCUT2D eigenvalue weighted by molar-refractivity contribution is -0.120. The van der Waals surface area contributed by atoms with E-state index in [0.717, 1.165) is 25.0 Å². The third-order valence-electron chi connectivity index (χ3n) is 7.22. The summed E-state index contributed by atoms with van der Waals surface area (Å²) in [6.45, 7) is 15.7. The molecule has 0 aromatic rings. The van der Waals surface area contributed by atoms with Crippen LogP contribution in [0.4, 0.5) is 0 Å². The van der Waals surface area contributed by atoms with Gasteiger partial charge in [-0.2, -0.15) is 0 Å². The highest BCUT2D eigenvalue weighted by Crippen LogP contribution is 2.25. The molecule has 1 amide bonds. The highest BCUT2D eigenvalue weighted by Gasteiger charge is 2.27. The van der Waals surface area contributed by atoms with E-state index >= 15 is 0 Å². The first-order chi connectivity index (χ1) is 21.0. The fourth-order valence-electron chi connectivity index (χ4n) is 4.58. The normalized spacial score (nSPS) is 15.6. The van der Waals surface area contributed by atoms with Gasteiger partial charge in [0.2, 0.25) is 5.91 Å². The molecule has 0 bridgehead atoms. The Morgan fingerprint density at radius 2 is 1.19 bits per heavy atom. The molecule has 43 heavy (non-hydrogen) atoms. The zero-order chi connectivity index (χ0) is 32.8. The van der Waals surface area contributed by atoms with Crippen LogP contribution in [0.25, 0.3) is 0 Å². The Labute approximate surface area is 278 Å². The van der Waals surface area contributed by atoms with Gasteiger partial charge in [-0.25, -0.2) is 0 Å². The van der Waals surface area contributed by atoms with Gasteiger partial charge in [0.1, 0.15) is 0 Å². The lowest BCUT2D eigenvalue weighted by atomic mass is 10.0. The Kier molecular flexibility index (Phi) is 46.4. The van der Waals surface area contributed by atoms with E-state index in [-0.39, 0.29) is 18.1 Å². The van der Waals surface area contributed by atoms with Crippen molar-refractivity contribution >= 4 is 27.5 Å². The first kappa shape index (κ1) is 47.5. The zero-order valence-corrected chi connectivity index (χ0v) is 32.1. The first-order valence-corrected chi connectivity index (χ1v) is 20.7.